The van der Waals surface area contributed by atoms with Gasteiger partial charge in [0.15, 0.2) is 0 Å². The summed E-state index contributed by atoms with van der Waals surface area (Å²) in [5.41, 5.74) is 1.14. The Kier molecular flexibility index (Phi) is 4.95. The fourth-order valence-corrected chi connectivity index (χ4v) is 2.30. The highest BCUT2D eigenvalue weighted by Gasteiger charge is 2.22. The lowest BCUT2D eigenvalue weighted by Gasteiger charge is -2.21. The summed E-state index contributed by atoms with van der Waals surface area (Å²) >= 11 is 0. The molecule has 2 heterocycles. The van der Waals surface area contributed by atoms with E-state index in [1.165, 1.54) is 12.8 Å². The number of hydrogen-bond acceptors (Lipinski definition) is 3. The quantitative estimate of drug-likeness (QED) is 0.821. The fourth-order valence-electron chi connectivity index (χ4n) is 2.30. The van der Waals surface area contributed by atoms with E-state index in [9.17, 15) is 0 Å². The van der Waals surface area contributed by atoms with E-state index >= 15 is 0 Å². The van der Waals surface area contributed by atoms with Gasteiger partial charge < -0.3 is 10.1 Å². The Balaban J connectivity index is 1.97. The molecule has 3 heteroatoms. The summed E-state index contributed by atoms with van der Waals surface area (Å²) in [5.74, 6) is 0. The van der Waals surface area contributed by atoms with E-state index in [4.69, 9.17) is 4.74 Å². The molecule has 0 bridgehead atoms. The summed E-state index contributed by atoms with van der Waals surface area (Å²) in [7, 11) is 0. The maximum atomic E-state index is 5.72. The molecule has 0 spiro atoms. The number of ether oxygens (including phenoxy) is 1. The van der Waals surface area contributed by atoms with Crippen LogP contribution in [0.15, 0.2) is 24.4 Å². The van der Waals surface area contributed by atoms with E-state index in [-0.39, 0.29) is 0 Å². The standard InChI is InChI=1S/C14H22N2O/c1-2-8-15-14(11-12-6-5-10-17-12)13-7-3-4-9-16-13/h3-4,7,9,12,14-15H,2,5-6,8,10-11H2,1H3. The molecule has 1 aliphatic heterocycles. The van der Waals surface area contributed by atoms with Crippen molar-refractivity contribution in [2.24, 2.45) is 0 Å². The third-order valence-electron chi connectivity index (χ3n) is 3.21. The number of aromatic nitrogens is 1. The molecular weight excluding hydrogens is 212 g/mol. The van der Waals surface area contributed by atoms with Crippen molar-refractivity contribution in [2.75, 3.05) is 13.2 Å². The zero-order valence-corrected chi connectivity index (χ0v) is 10.6. The van der Waals surface area contributed by atoms with Crippen LogP contribution in [0, 0.1) is 0 Å². The molecule has 0 amide bonds. The normalized spacial score (nSPS) is 21.6. The molecule has 3 nitrogen and oxygen atoms in total. The van der Waals surface area contributed by atoms with Crippen molar-refractivity contribution in [3.05, 3.63) is 30.1 Å². The Morgan fingerprint density at radius 3 is 3.12 bits per heavy atom. The number of hydrogen-bond donors (Lipinski definition) is 1. The Hall–Kier alpha value is -0.930. The highest BCUT2D eigenvalue weighted by Crippen LogP contribution is 2.23. The third-order valence-corrected chi connectivity index (χ3v) is 3.21. The summed E-state index contributed by atoms with van der Waals surface area (Å²) in [5, 5.41) is 3.57. The van der Waals surface area contributed by atoms with Crippen molar-refractivity contribution in [2.45, 2.75) is 44.8 Å². The minimum absolute atomic E-state index is 0.333. The van der Waals surface area contributed by atoms with Gasteiger partial charge in [-0.25, -0.2) is 0 Å². The Bertz CT molecular complexity index is 309. The molecule has 17 heavy (non-hydrogen) atoms. The second-order valence-electron chi connectivity index (χ2n) is 4.63. The van der Waals surface area contributed by atoms with Crippen LogP contribution in [0.3, 0.4) is 0 Å². The van der Waals surface area contributed by atoms with Gasteiger partial charge in [0.25, 0.3) is 0 Å². The van der Waals surface area contributed by atoms with Gasteiger partial charge in [-0.1, -0.05) is 13.0 Å². The van der Waals surface area contributed by atoms with Gasteiger partial charge in [0.2, 0.25) is 0 Å². The highest BCUT2D eigenvalue weighted by atomic mass is 16.5. The Labute approximate surface area is 104 Å². The van der Waals surface area contributed by atoms with Crippen LogP contribution in [0.2, 0.25) is 0 Å². The zero-order chi connectivity index (χ0) is 11.9. The van der Waals surface area contributed by atoms with Crippen LogP contribution < -0.4 is 5.32 Å². The number of pyridine rings is 1. The monoisotopic (exact) mass is 234 g/mol. The third kappa shape index (κ3) is 3.79. The number of nitrogens with one attached hydrogen (secondary N) is 1. The van der Waals surface area contributed by atoms with E-state index < -0.39 is 0 Å². The van der Waals surface area contributed by atoms with Gasteiger partial charge >= 0.3 is 0 Å². The van der Waals surface area contributed by atoms with Crippen LogP contribution in [0.1, 0.15) is 44.3 Å². The predicted octanol–water partition coefficient (Wildman–Crippen LogP) is 2.69. The zero-order valence-electron chi connectivity index (χ0n) is 10.6. The van der Waals surface area contributed by atoms with Gasteiger partial charge in [0.05, 0.1) is 17.8 Å². The first-order chi connectivity index (χ1) is 8.40. The molecule has 0 aliphatic carbocycles. The van der Waals surface area contributed by atoms with Gasteiger partial charge in [0, 0.05) is 12.8 Å². The van der Waals surface area contributed by atoms with Gasteiger partial charge in [0.1, 0.15) is 0 Å². The summed E-state index contributed by atoms with van der Waals surface area (Å²) < 4.78 is 5.72. The Morgan fingerprint density at radius 1 is 1.53 bits per heavy atom. The molecule has 2 unspecified atom stereocenters. The molecule has 0 radical (unpaired) electrons. The largest absolute Gasteiger partial charge is 0.378 e. The summed E-state index contributed by atoms with van der Waals surface area (Å²) in [6, 6.07) is 6.45. The molecule has 1 saturated heterocycles. The highest BCUT2D eigenvalue weighted by molar-refractivity contribution is 5.09. The molecule has 1 aliphatic rings. The number of rotatable bonds is 6. The first-order valence-corrected chi connectivity index (χ1v) is 6.66. The summed E-state index contributed by atoms with van der Waals surface area (Å²) in [6.07, 6.45) is 6.85. The summed E-state index contributed by atoms with van der Waals surface area (Å²) in [4.78, 5) is 4.46. The minimum Gasteiger partial charge on any atom is -0.378 e. The van der Waals surface area contributed by atoms with Crippen molar-refractivity contribution >= 4 is 0 Å². The SMILES string of the molecule is CCCNC(CC1CCCO1)c1ccccn1. The van der Waals surface area contributed by atoms with Gasteiger partial charge in [-0.2, -0.15) is 0 Å². The summed E-state index contributed by atoms with van der Waals surface area (Å²) in [6.45, 7) is 4.15. The van der Waals surface area contributed by atoms with Crippen LogP contribution in [-0.2, 0) is 4.74 Å². The molecule has 1 aromatic rings. The molecule has 0 aromatic carbocycles. The van der Waals surface area contributed by atoms with Crippen molar-refractivity contribution in [3.63, 3.8) is 0 Å². The van der Waals surface area contributed by atoms with Crippen LogP contribution in [0.5, 0.6) is 0 Å². The first-order valence-electron chi connectivity index (χ1n) is 6.66. The first kappa shape index (κ1) is 12.5. The maximum absolute atomic E-state index is 5.72. The van der Waals surface area contributed by atoms with Crippen molar-refractivity contribution in [3.8, 4) is 0 Å². The molecule has 1 N–H and O–H groups in total. The average molecular weight is 234 g/mol. The fraction of sp³-hybridized carbons (Fsp3) is 0.643. The van der Waals surface area contributed by atoms with E-state index in [0.717, 1.165) is 31.7 Å². The van der Waals surface area contributed by atoms with Crippen LogP contribution in [-0.4, -0.2) is 24.2 Å². The van der Waals surface area contributed by atoms with Crippen LogP contribution in [0.4, 0.5) is 0 Å². The van der Waals surface area contributed by atoms with E-state index in [0.29, 0.717) is 12.1 Å². The Morgan fingerprint density at radius 2 is 2.47 bits per heavy atom. The number of nitrogens with zero attached hydrogens (tertiary/aromatic N) is 1. The molecule has 2 atom stereocenters. The van der Waals surface area contributed by atoms with Crippen molar-refractivity contribution in [1.29, 1.82) is 0 Å². The second-order valence-corrected chi connectivity index (χ2v) is 4.63. The van der Waals surface area contributed by atoms with E-state index in [2.05, 4.69) is 29.4 Å². The van der Waals surface area contributed by atoms with E-state index in [1.807, 2.05) is 12.3 Å². The van der Waals surface area contributed by atoms with Gasteiger partial charge in [-0.3, -0.25) is 4.98 Å². The van der Waals surface area contributed by atoms with Crippen molar-refractivity contribution in [1.82, 2.24) is 10.3 Å². The topological polar surface area (TPSA) is 34.1 Å². The minimum atomic E-state index is 0.333. The smallest absolute Gasteiger partial charge is 0.0594 e. The lowest BCUT2D eigenvalue weighted by molar-refractivity contribution is 0.0941. The molecule has 94 valence electrons. The van der Waals surface area contributed by atoms with Gasteiger partial charge in [-0.05, 0) is 44.4 Å². The molecule has 1 fully saturated rings. The van der Waals surface area contributed by atoms with E-state index in [1.54, 1.807) is 0 Å². The molecule has 2 rings (SSSR count). The maximum Gasteiger partial charge on any atom is 0.0594 e. The lowest BCUT2D eigenvalue weighted by atomic mass is 10.0. The second kappa shape index (κ2) is 6.72. The molecule has 0 saturated carbocycles. The molecular formula is C14H22N2O. The lowest BCUT2D eigenvalue weighted by Crippen LogP contribution is -2.26. The predicted molar refractivity (Wildman–Crippen MR) is 68.9 cm³/mol. The molecule has 1 aromatic heterocycles. The van der Waals surface area contributed by atoms with Crippen LogP contribution >= 0.6 is 0 Å². The van der Waals surface area contributed by atoms with Crippen LogP contribution in [0.25, 0.3) is 0 Å². The van der Waals surface area contributed by atoms with Crippen molar-refractivity contribution < 1.29 is 4.74 Å². The van der Waals surface area contributed by atoms with Gasteiger partial charge in [-0.15, -0.1) is 0 Å². The average Bonchev–Trinajstić information content (AvgIpc) is 2.88.